The molecule has 2 aromatic heterocycles. The number of carboxylic acids is 2. The number of hydrogen-bond acceptors (Lipinski definition) is 8. The molecule has 3 aromatic rings. The molecule has 1 fully saturated rings. The maximum absolute atomic E-state index is 11.8. The largest absolute Gasteiger partial charge is 0.479 e. The highest BCUT2D eigenvalue weighted by Gasteiger charge is 2.27. The lowest BCUT2D eigenvalue weighted by Crippen LogP contribution is -2.41. The van der Waals surface area contributed by atoms with E-state index in [0.29, 0.717) is 15.3 Å². The second kappa shape index (κ2) is 10.3. The second-order valence-corrected chi connectivity index (χ2v) is 9.15. The van der Waals surface area contributed by atoms with Crippen LogP contribution in [0.1, 0.15) is 22.5 Å². The molecule has 3 N–H and O–H groups in total. The predicted molar refractivity (Wildman–Crippen MR) is 128 cm³/mol. The molecule has 3 heterocycles. The van der Waals surface area contributed by atoms with Crippen molar-refractivity contribution in [1.82, 2.24) is 15.3 Å². The zero-order valence-corrected chi connectivity index (χ0v) is 19.8. The third-order valence-corrected chi connectivity index (χ3v) is 7.40. The Kier molecular flexibility index (Phi) is 7.21. The first-order chi connectivity index (χ1) is 16.0. The third kappa shape index (κ3) is 5.15. The SMILES string of the molecule is O=C(O)COc1c(C(=O)O)sc(-c2cccc(N(c3ncccn3)C3CCNCC3)c2)c1Br. The number of thiophene rings is 1. The Morgan fingerprint density at radius 3 is 2.58 bits per heavy atom. The lowest BCUT2D eigenvalue weighted by atomic mass is 10.0. The van der Waals surface area contributed by atoms with E-state index in [1.165, 1.54) is 0 Å². The average molecular weight is 533 g/mol. The van der Waals surface area contributed by atoms with Crippen LogP contribution >= 0.6 is 27.3 Å². The molecule has 9 nitrogen and oxygen atoms in total. The number of carbonyl (C=O) groups is 2. The van der Waals surface area contributed by atoms with Crippen LogP contribution in [0, 0.1) is 0 Å². The van der Waals surface area contributed by atoms with Crippen molar-refractivity contribution in [2.45, 2.75) is 18.9 Å². The molecule has 0 bridgehead atoms. The van der Waals surface area contributed by atoms with E-state index in [1.807, 2.05) is 24.3 Å². The van der Waals surface area contributed by atoms with Gasteiger partial charge in [0.05, 0.1) is 9.35 Å². The van der Waals surface area contributed by atoms with E-state index in [0.717, 1.165) is 48.5 Å². The summed E-state index contributed by atoms with van der Waals surface area (Å²) in [7, 11) is 0. The predicted octanol–water partition coefficient (Wildman–Crippen LogP) is 4.02. The first-order valence-corrected chi connectivity index (χ1v) is 11.8. The molecule has 1 aromatic carbocycles. The van der Waals surface area contributed by atoms with Crippen molar-refractivity contribution in [1.29, 1.82) is 0 Å². The number of hydrogen-bond donors (Lipinski definition) is 3. The van der Waals surface area contributed by atoms with Gasteiger partial charge >= 0.3 is 11.9 Å². The van der Waals surface area contributed by atoms with E-state index < -0.39 is 18.5 Å². The van der Waals surface area contributed by atoms with Crippen LogP contribution in [-0.2, 0) is 4.79 Å². The minimum atomic E-state index is -1.19. The highest BCUT2D eigenvalue weighted by atomic mass is 79.9. The van der Waals surface area contributed by atoms with E-state index in [-0.39, 0.29) is 16.7 Å². The van der Waals surface area contributed by atoms with Gasteiger partial charge in [-0.25, -0.2) is 19.6 Å². The van der Waals surface area contributed by atoms with Gasteiger partial charge in [0.2, 0.25) is 5.95 Å². The van der Waals surface area contributed by atoms with Crippen molar-refractivity contribution in [3.8, 4) is 16.2 Å². The van der Waals surface area contributed by atoms with E-state index in [2.05, 4.69) is 36.1 Å². The smallest absolute Gasteiger partial charge is 0.349 e. The Hall–Kier alpha value is -3.02. The van der Waals surface area contributed by atoms with Gasteiger partial charge in [-0.15, -0.1) is 11.3 Å². The monoisotopic (exact) mass is 532 g/mol. The van der Waals surface area contributed by atoms with E-state index in [4.69, 9.17) is 9.84 Å². The minimum absolute atomic E-state index is 0.0110. The minimum Gasteiger partial charge on any atom is -0.479 e. The maximum Gasteiger partial charge on any atom is 0.349 e. The van der Waals surface area contributed by atoms with Crippen LogP contribution in [-0.4, -0.2) is 57.9 Å². The Bertz CT molecular complexity index is 1150. The number of anilines is 2. The molecule has 1 aliphatic rings. The fourth-order valence-electron chi connectivity index (χ4n) is 3.75. The Morgan fingerprint density at radius 1 is 1.18 bits per heavy atom. The lowest BCUT2D eigenvalue weighted by molar-refractivity contribution is -0.139. The third-order valence-electron chi connectivity index (χ3n) is 5.17. The van der Waals surface area contributed by atoms with Gasteiger partial charge in [-0.3, -0.25) is 0 Å². The molecule has 0 saturated carbocycles. The highest BCUT2D eigenvalue weighted by molar-refractivity contribution is 9.10. The molecule has 4 rings (SSSR count). The summed E-state index contributed by atoms with van der Waals surface area (Å²) in [4.78, 5) is 34.3. The first-order valence-electron chi connectivity index (χ1n) is 10.2. The van der Waals surface area contributed by atoms with Crippen molar-refractivity contribution in [3.63, 3.8) is 0 Å². The zero-order valence-electron chi connectivity index (χ0n) is 17.4. The number of piperidine rings is 1. The van der Waals surface area contributed by atoms with Gasteiger partial charge in [0, 0.05) is 24.1 Å². The standard InChI is InChI=1S/C22H21BrN4O5S/c23-17-18(32-12-16(28)29)20(21(30)31)33-19(17)13-3-1-4-15(11-13)27(14-5-9-24-10-6-14)22-25-7-2-8-26-22/h1-4,7-8,11,14,24H,5-6,9-10,12H2,(H,28,29)(H,30,31). The van der Waals surface area contributed by atoms with Crippen molar-refractivity contribution in [2.24, 2.45) is 0 Å². The molecule has 0 spiro atoms. The molecule has 1 aliphatic heterocycles. The molecule has 0 radical (unpaired) electrons. The maximum atomic E-state index is 11.8. The lowest BCUT2D eigenvalue weighted by Gasteiger charge is -2.34. The number of aromatic carboxylic acids is 1. The van der Waals surface area contributed by atoms with Gasteiger partial charge in [0.15, 0.2) is 17.2 Å². The van der Waals surface area contributed by atoms with E-state index in [9.17, 15) is 14.7 Å². The van der Waals surface area contributed by atoms with Crippen LogP contribution < -0.4 is 15.0 Å². The fraction of sp³-hybridized carbons (Fsp3) is 0.273. The summed E-state index contributed by atoms with van der Waals surface area (Å²) < 4.78 is 5.69. The Morgan fingerprint density at radius 2 is 1.91 bits per heavy atom. The fourth-order valence-corrected chi connectivity index (χ4v) is 5.64. The number of halogens is 1. The van der Waals surface area contributed by atoms with Crippen molar-refractivity contribution in [3.05, 3.63) is 52.1 Å². The second-order valence-electron chi connectivity index (χ2n) is 7.34. The van der Waals surface area contributed by atoms with Gasteiger partial charge in [0.1, 0.15) is 0 Å². The number of aliphatic carboxylic acids is 1. The first kappa shape index (κ1) is 23.1. The molecule has 11 heteroatoms. The summed E-state index contributed by atoms with van der Waals surface area (Å²) in [6, 6.07) is 9.69. The van der Waals surface area contributed by atoms with Crippen molar-refractivity contribution >= 4 is 50.8 Å². The van der Waals surface area contributed by atoms with Crippen LogP contribution in [0.3, 0.4) is 0 Å². The van der Waals surface area contributed by atoms with Crippen molar-refractivity contribution in [2.75, 3.05) is 24.6 Å². The summed E-state index contributed by atoms with van der Waals surface area (Å²) >= 11 is 4.45. The molecule has 0 amide bonds. The molecule has 0 atom stereocenters. The summed E-state index contributed by atoms with van der Waals surface area (Å²) in [5, 5.41) is 21.9. The molecule has 0 unspecified atom stereocenters. The normalized spacial score (nSPS) is 14.1. The summed E-state index contributed by atoms with van der Waals surface area (Å²) in [6.45, 7) is 1.16. The quantitative estimate of drug-likeness (QED) is 0.394. The molecule has 172 valence electrons. The van der Waals surface area contributed by atoms with Crippen LogP contribution in [0.25, 0.3) is 10.4 Å². The molecular weight excluding hydrogens is 512 g/mol. The Balaban J connectivity index is 1.76. The zero-order chi connectivity index (χ0) is 23.4. The number of nitrogens with one attached hydrogen (secondary N) is 1. The Labute approximate surface area is 202 Å². The van der Waals surface area contributed by atoms with Crippen LogP contribution in [0.5, 0.6) is 5.75 Å². The topological polar surface area (TPSA) is 125 Å². The van der Waals surface area contributed by atoms with Gasteiger partial charge < -0.3 is 25.2 Å². The summed E-state index contributed by atoms with van der Waals surface area (Å²) in [6.07, 6.45) is 5.28. The summed E-state index contributed by atoms with van der Waals surface area (Å²) in [5.74, 6) is -1.76. The molecule has 33 heavy (non-hydrogen) atoms. The van der Waals surface area contributed by atoms with Crippen LogP contribution in [0.4, 0.5) is 11.6 Å². The average Bonchev–Trinajstić information content (AvgIpc) is 3.16. The number of aromatic nitrogens is 2. The van der Waals surface area contributed by atoms with Crippen LogP contribution in [0.2, 0.25) is 0 Å². The number of benzene rings is 1. The number of rotatable bonds is 8. The van der Waals surface area contributed by atoms with E-state index >= 15 is 0 Å². The molecule has 0 aliphatic carbocycles. The van der Waals surface area contributed by atoms with Crippen molar-refractivity contribution < 1.29 is 24.5 Å². The number of nitrogens with zero attached hydrogens (tertiary/aromatic N) is 3. The highest BCUT2D eigenvalue weighted by Crippen LogP contribution is 2.46. The number of ether oxygens (including phenoxy) is 1. The van der Waals surface area contributed by atoms with Crippen LogP contribution in [0.15, 0.2) is 47.2 Å². The van der Waals surface area contributed by atoms with Gasteiger partial charge in [-0.1, -0.05) is 12.1 Å². The molecule has 1 saturated heterocycles. The van der Waals surface area contributed by atoms with Gasteiger partial charge in [-0.2, -0.15) is 0 Å². The summed E-state index contributed by atoms with van der Waals surface area (Å²) in [5.41, 5.74) is 1.66. The number of carboxylic acid groups (broad SMARTS) is 2. The molecular formula is C22H21BrN4O5S. The van der Waals surface area contributed by atoms with E-state index in [1.54, 1.807) is 18.5 Å². The van der Waals surface area contributed by atoms with Gasteiger partial charge in [-0.05, 0) is 65.6 Å². The van der Waals surface area contributed by atoms with Gasteiger partial charge in [0.25, 0.3) is 0 Å².